The lowest BCUT2D eigenvalue weighted by Gasteiger charge is -2.23. The highest BCUT2D eigenvalue weighted by Crippen LogP contribution is 2.23. The van der Waals surface area contributed by atoms with Crippen molar-refractivity contribution in [3.05, 3.63) is 46.4 Å². The first-order valence-electron chi connectivity index (χ1n) is 7.09. The van der Waals surface area contributed by atoms with Gasteiger partial charge in [0.1, 0.15) is 0 Å². The second-order valence-corrected chi connectivity index (χ2v) is 6.16. The molecule has 0 saturated carbocycles. The summed E-state index contributed by atoms with van der Waals surface area (Å²) in [7, 11) is 5.32. The number of amides is 2. The Bertz CT molecular complexity index is 647. The molecule has 1 aromatic carbocycles. The number of hydrogen-bond acceptors (Lipinski definition) is 4. The third-order valence-corrected chi connectivity index (χ3v) is 4.33. The van der Waals surface area contributed by atoms with E-state index in [2.05, 4.69) is 10.6 Å². The number of anilines is 1. The van der Waals surface area contributed by atoms with Gasteiger partial charge in [-0.1, -0.05) is 6.07 Å². The molecular formula is C16H20FN3O2S. The van der Waals surface area contributed by atoms with E-state index in [0.29, 0.717) is 12.2 Å². The first-order valence-corrected chi connectivity index (χ1v) is 7.97. The number of benzene rings is 1. The minimum absolute atomic E-state index is 0.0911. The summed E-state index contributed by atoms with van der Waals surface area (Å²) >= 11 is 1.64. The van der Waals surface area contributed by atoms with Crippen molar-refractivity contribution in [3.63, 3.8) is 0 Å². The standard InChI is InChI=1S/C16H20FN3O2S/c1-20(2)13(15-5-4-8-23-15)10-18-16(21)19-11-6-7-14(22-3)12(17)9-11/h4-9,13H,10H2,1-3H3,(H2,18,19,21). The first kappa shape index (κ1) is 17.2. The molecule has 1 unspecified atom stereocenters. The van der Waals surface area contributed by atoms with Gasteiger partial charge in [-0.05, 0) is 37.7 Å². The van der Waals surface area contributed by atoms with Gasteiger partial charge in [-0.2, -0.15) is 0 Å². The third-order valence-electron chi connectivity index (χ3n) is 3.36. The fourth-order valence-corrected chi connectivity index (χ4v) is 3.05. The van der Waals surface area contributed by atoms with Gasteiger partial charge in [-0.25, -0.2) is 9.18 Å². The summed E-state index contributed by atoms with van der Waals surface area (Å²) in [4.78, 5) is 15.2. The van der Waals surface area contributed by atoms with Crippen molar-refractivity contribution in [1.82, 2.24) is 10.2 Å². The SMILES string of the molecule is COc1ccc(NC(=O)NCC(c2cccs2)N(C)C)cc1F. The molecule has 7 heteroatoms. The van der Waals surface area contributed by atoms with Crippen molar-refractivity contribution in [2.24, 2.45) is 0 Å². The molecule has 0 spiro atoms. The number of nitrogens with one attached hydrogen (secondary N) is 2. The van der Waals surface area contributed by atoms with Crippen LogP contribution in [0.15, 0.2) is 35.7 Å². The molecule has 124 valence electrons. The Balaban J connectivity index is 1.93. The molecule has 2 N–H and O–H groups in total. The van der Waals surface area contributed by atoms with Crippen molar-refractivity contribution in [2.45, 2.75) is 6.04 Å². The lowest BCUT2D eigenvalue weighted by Crippen LogP contribution is -2.36. The molecule has 2 rings (SSSR count). The Hall–Kier alpha value is -2.12. The number of ether oxygens (including phenoxy) is 1. The van der Waals surface area contributed by atoms with E-state index in [0.717, 1.165) is 0 Å². The number of hydrogen-bond donors (Lipinski definition) is 2. The second-order valence-electron chi connectivity index (χ2n) is 5.18. The summed E-state index contributed by atoms with van der Waals surface area (Å²) < 4.78 is 18.4. The maximum Gasteiger partial charge on any atom is 0.319 e. The van der Waals surface area contributed by atoms with Crippen molar-refractivity contribution in [1.29, 1.82) is 0 Å². The number of rotatable bonds is 6. The number of nitrogens with zero attached hydrogens (tertiary/aromatic N) is 1. The minimum atomic E-state index is -0.518. The molecule has 0 fully saturated rings. The maximum atomic E-state index is 13.6. The Morgan fingerprint density at radius 2 is 2.17 bits per heavy atom. The molecule has 2 amide bonds. The zero-order valence-electron chi connectivity index (χ0n) is 13.3. The predicted octanol–water partition coefficient (Wildman–Crippen LogP) is 3.32. The average molecular weight is 337 g/mol. The van der Waals surface area contributed by atoms with Crippen LogP contribution in [0.4, 0.5) is 14.9 Å². The van der Waals surface area contributed by atoms with Gasteiger partial charge in [0.25, 0.3) is 0 Å². The number of carbonyl (C=O) groups is 1. The molecule has 23 heavy (non-hydrogen) atoms. The fourth-order valence-electron chi connectivity index (χ4n) is 2.13. The van der Waals surface area contributed by atoms with Gasteiger partial charge in [-0.3, -0.25) is 0 Å². The van der Waals surface area contributed by atoms with Gasteiger partial charge in [-0.15, -0.1) is 11.3 Å². The molecule has 2 aromatic rings. The highest BCUT2D eigenvalue weighted by atomic mass is 32.1. The minimum Gasteiger partial charge on any atom is -0.494 e. The molecule has 1 aromatic heterocycles. The molecule has 0 aliphatic heterocycles. The van der Waals surface area contributed by atoms with Gasteiger partial charge in [0, 0.05) is 23.2 Å². The summed E-state index contributed by atoms with van der Waals surface area (Å²) in [6.07, 6.45) is 0. The van der Waals surface area contributed by atoms with Gasteiger partial charge >= 0.3 is 6.03 Å². The molecule has 0 aliphatic carbocycles. The highest BCUT2D eigenvalue weighted by Gasteiger charge is 2.16. The maximum absolute atomic E-state index is 13.6. The monoisotopic (exact) mass is 337 g/mol. The van der Waals surface area contributed by atoms with E-state index in [4.69, 9.17) is 4.74 Å². The third kappa shape index (κ3) is 4.67. The van der Waals surface area contributed by atoms with Gasteiger partial charge in [0.2, 0.25) is 0 Å². The van der Waals surface area contributed by atoms with Crippen LogP contribution < -0.4 is 15.4 Å². The van der Waals surface area contributed by atoms with Crippen molar-refractivity contribution in [3.8, 4) is 5.75 Å². The summed E-state index contributed by atoms with van der Waals surface area (Å²) in [6, 6.07) is 8.01. The van der Waals surface area contributed by atoms with Crippen LogP contribution in [-0.2, 0) is 0 Å². The van der Waals surface area contributed by atoms with Crippen molar-refractivity contribution >= 4 is 23.1 Å². The number of likely N-dealkylation sites (N-methyl/N-ethyl adjacent to an activating group) is 1. The Labute approximate surface area is 139 Å². The Kier molecular flexibility index (Phi) is 5.95. The van der Waals surface area contributed by atoms with Crippen LogP contribution >= 0.6 is 11.3 Å². The van der Waals surface area contributed by atoms with Crippen molar-refractivity contribution < 1.29 is 13.9 Å². The average Bonchev–Trinajstić information content (AvgIpc) is 3.01. The molecule has 0 aliphatic rings. The molecule has 1 heterocycles. The number of halogens is 1. The number of methoxy groups -OCH3 is 1. The summed E-state index contributed by atoms with van der Waals surface area (Å²) in [5, 5.41) is 7.43. The van der Waals surface area contributed by atoms with Crippen LogP contribution in [0.2, 0.25) is 0 Å². The fraction of sp³-hybridized carbons (Fsp3) is 0.312. The lowest BCUT2D eigenvalue weighted by molar-refractivity contribution is 0.244. The van der Waals surface area contributed by atoms with Crippen LogP contribution in [0.3, 0.4) is 0 Å². The van der Waals surface area contributed by atoms with E-state index in [9.17, 15) is 9.18 Å². The zero-order valence-corrected chi connectivity index (χ0v) is 14.1. The zero-order chi connectivity index (χ0) is 16.8. The number of thiophene rings is 1. The van der Waals surface area contributed by atoms with Crippen LogP contribution in [0.5, 0.6) is 5.75 Å². The molecule has 0 saturated heterocycles. The van der Waals surface area contributed by atoms with Crippen LogP contribution in [-0.4, -0.2) is 38.7 Å². The molecule has 0 bridgehead atoms. The number of carbonyl (C=O) groups excluding carboxylic acids is 1. The molecular weight excluding hydrogens is 317 g/mol. The van der Waals surface area contributed by atoms with Crippen LogP contribution in [0.25, 0.3) is 0 Å². The smallest absolute Gasteiger partial charge is 0.319 e. The van der Waals surface area contributed by atoms with E-state index in [1.54, 1.807) is 17.4 Å². The van der Waals surface area contributed by atoms with E-state index in [1.165, 1.54) is 24.1 Å². The Morgan fingerprint density at radius 1 is 1.39 bits per heavy atom. The van der Waals surface area contributed by atoms with Crippen LogP contribution in [0, 0.1) is 5.82 Å². The molecule has 5 nitrogen and oxygen atoms in total. The predicted molar refractivity (Wildman–Crippen MR) is 90.7 cm³/mol. The highest BCUT2D eigenvalue weighted by molar-refractivity contribution is 7.10. The lowest BCUT2D eigenvalue weighted by atomic mass is 10.2. The summed E-state index contributed by atoms with van der Waals surface area (Å²) in [5.41, 5.74) is 0.373. The first-order chi connectivity index (χ1) is 11.0. The summed E-state index contributed by atoms with van der Waals surface area (Å²) in [6.45, 7) is 0.456. The largest absolute Gasteiger partial charge is 0.494 e. The number of urea groups is 1. The van der Waals surface area contributed by atoms with Gasteiger partial charge in [0.05, 0.1) is 13.2 Å². The van der Waals surface area contributed by atoms with Gasteiger partial charge < -0.3 is 20.3 Å². The van der Waals surface area contributed by atoms with Crippen molar-refractivity contribution in [2.75, 3.05) is 33.1 Å². The summed E-state index contributed by atoms with van der Waals surface area (Å²) in [5.74, 6) is -0.378. The quantitative estimate of drug-likeness (QED) is 0.850. The van der Waals surface area contributed by atoms with Gasteiger partial charge in [0.15, 0.2) is 11.6 Å². The van der Waals surface area contributed by atoms with Crippen LogP contribution in [0.1, 0.15) is 10.9 Å². The molecule has 0 radical (unpaired) electrons. The Morgan fingerprint density at radius 3 is 2.74 bits per heavy atom. The van der Waals surface area contributed by atoms with E-state index >= 15 is 0 Å². The van der Waals surface area contributed by atoms with E-state index in [-0.39, 0.29) is 17.8 Å². The molecule has 1 atom stereocenters. The van der Waals surface area contributed by atoms with E-state index < -0.39 is 5.82 Å². The topological polar surface area (TPSA) is 53.6 Å². The normalized spacial score (nSPS) is 12.0. The second kappa shape index (κ2) is 7.94. The van der Waals surface area contributed by atoms with E-state index in [1.807, 2.05) is 36.5 Å².